The minimum Gasteiger partial charge on any atom is -0.387 e. The van der Waals surface area contributed by atoms with E-state index in [-0.39, 0.29) is 6.42 Å². The zero-order valence-corrected chi connectivity index (χ0v) is 7.38. The molecule has 0 bridgehead atoms. The summed E-state index contributed by atoms with van der Waals surface area (Å²) in [5.41, 5.74) is 0. The van der Waals surface area contributed by atoms with Crippen molar-refractivity contribution in [3.8, 4) is 0 Å². The highest BCUT2D eigenvalue weighted by Gasteiger charge is 2.51. The molecule has 0 aliphatic rings. The Bertz CT molecular complexity index is 150. The van der Waals surface area contributed by atoms with Crippen LogP contribution in [0.4, 0.5) is 0 Å². The van der Waals surface area contributed by atoms with Crippen molar-refractivity contribution in [1.82, 2.24) is 0 Å². The first-order valence-corrected chi connectivity index (χ1v) is 4.03. The monoisotopic (exact) mass is 196 g/mol. The highest BCUT2D eigenvalue weighted by atomic mass is 16.7. The van der Waals surface area contributed by atoms with Crippen molar-refractivity contribution < 1.29 is 30.6 Å². The molecule has 0 aliphatic heterocycles. The highest BCUT2D eigenvalue weighted by Crippen LogP contribution is 2.21. The van der Waals surface area contributed by atoms with Gasteiger partial charge in [0.2, 0.25) is 0 Å². The molecule has 13 heavy (non-hydrogen) atoms. The zero-order chi connectivity index (χ0) is 10.7. The summed E-state index contributed by atoms with van der Waals surface area (Å²) in [6.07, 6.45) is -0.692. The van der Waals surface area contributed by atoms with Crippen LogP contribution in [0.1, 0.15) is 26.2 Å². The van der Waals surface area contributed by atoms with E-state index < -0.39 is 17.9 Å². The van der Waals surface area contributed by atoms with Gasteiger partial charge in [0.15, 0.2) is 0 Å². The number of aliphatic hydroxyl groups excluding tert-OH is 1. The Morgan fingerprint density at radius 2 is 1.54 bits per heavy atom. The van der Waals surface area contributed by atoms with Gasteiger partial charge in [-0.1, -0.05) is 19.8 Å². The molecule has 0 aliphatic carbocycles. The highest BCUT2D eigenvalue weighted by molar-refractivity contribution is 4.81. The van der Waals surface area contributed by atoms with Crippen LogP contribution >= 0.6 is 0 Å². The molecule has 0 fully saturated rings. The number of aliphatic hydroxyl groups is 6. The standard InChI is InChI=1S/C7H16O6/c1-2-3-4-5(8)6(9,10)7(11,12)13/h5,8-13H,2-4H2,1H3. The summed E-state index contributed by atoms with van der Waals surface area (Å²) >= 11 is 0. The molecule has 0 rings (SSSR count). The van der Waals surface area contributed by atoms with Gasteiger partial charge in [-0.15, -0.1) is 0 Å². The van der Waals surface area contributed by atoms with E-state index in [2.05, 4.69) is 0 Å². The summed E-state index contributed by atoms with van der Waals surface area (Å²) in [5.74, 6) is -7.05. The van der Waals surface area contributed by atoms with Crippen LogP contribution in [0.5, 0.6) is 0 Å². The largest absolute Gasteiger partial charge is 0.387 e. The van der Waals surface area contributed by atoms with E-state index in [1.165, 1.54) is 0 Å². The third-order valence-electron chi connectivity index (χ3n) is 1.79. The van der Waals surface area contributed by atoms with E-state index in [1.807, 2.05) is 6.92 Å². The molecule has 0 aromatic carbocycles. The van der Waals surface area contributed by atoms with Gasteiger partial charge >= 0.3 is 5.97 Å². The van der Waals surface area contributed by atoms with Gasteiger partial charge in [-0.25, -0.2) is 0 Å². The third kappa shape index (κ3) is 3.18. The maximum absolute atomic E-state index is 9.06. The SMILES string of the molecule is CCCCC(O)C(O)(O)C(O)(O)O. The second-order valence-corrected chi connectivity index (χ2v) is 3.02. The van der Waals surface area contributed by atoms with Crippen molar-refractivity contribution >= 4 is 0 Å². The van der Waals surface area contributed by atoms with Crippen LogP contribution in [0, 0.1) is 0 Å². The Morgan fingerprint density at radius 1 is 1.08 bits per heavy atom. The lowest BCUT2D eigenvalue weighted by atomic mass is 10.0. The fourth-order valence-electron chi connectivity index (χ4n) is 0.822. The molecule has 0 heterocycles. The summed E-state index contributed by atoms with van der Waals surface area (Å²) in [4.78, 5) is 0. The van der Waals surface area contributed by atoms with Crippen LogP contribution in [0.15, 0.2) is 0 Å². The van der Waals surface area contributed by atoms with Gasteiger partial charge < -0.3 is 30.6 Å². The molecule has 0 aromatic heterocycles. The van der Waals surface area contributed by atoms with Crippen LogP contribution < -0.4 is 0 Å². The Morgan fingerprint density at radius 3 is 1.85 bits per heavy atom. The fourth-order valence-corrected chi connectivity index (χ4v) is 0.822. The van der Waals surface area contributed by atoms with Crippen molar-refractivity contribution in [3.05, 3.63) is 0 Å². The van der Waals surface area contributed by atoms with E-state index >= 15 is 0 Å². The quantitative estimate of drug-likeness (QED) is 0.279. The van der Waals surface area contributed by atoms with Crippen molar-refractivity contribution in [2.45, 2.75) is 44.1 Å². The van der Waals surface area contributed by atoms with Crippen LogP contribution in [0.25, 0.3) is 0 Å². The van der Waals surface area contributed by atoms with Gasteiger partial charge in [0.1, 0.15) is 6.10 Å². The molecule has 0 saturated carbocycles. The predicted octanol–water partition coefficient (Wildman–Crippen LogP) is -2.15. The Kier molecular flexibility index (Phi) is 4.24. The van der Waals surface area contributed by atoms with Crippen molar-refractivity contribution in [2.24, 2.45) is 0 Å². The lowest BCUT2D eigenvalue weighted by Gasteiger charge is -2.33. The summed E-state index contributed by atoms with van der Waals surface area (Å²) < 4.78 is 0. The first-order chi connectivity index (χ1) is 5.73. The van der Waals surface area contributed by atoms with Crippen LogP contribution in [-0.2, 0) is 0 Å². The Hall–Kier alpha value is -0.240. The van der Waals surface area contributed by atoms with Crippen LogP contribution in [-0.4, -0.2) is 48.5 Å². The maximum Gasteiger partial charge on any atom is 0.335 e. The molecule has 80 valence electrons. The van der Waals surface area contributed by atoms with Gasteiger partial charge in [0.05, 0.1) is 0 Å². The van der Waals surface area contributed by atoms with E-state index in [1.54, 1.807) is 0 Å². The molecule has 0 saturated heterocycles. The number of unbranched alkanes of at least 4 members (excludes halogenated alkanes) is 1. The van der Waals surface area contributed by atoms with Gasteiger partial charge in [-0.05, 0) is 6.42 Å². The van der Waals surface area contributed by atoms with Crippen molar-refractivity contribution in [3.63, 3.8) is 0 Å². The molecule has 1 unspecified atom stereocenters. The van der Waals surface area contributed by atoms with Crippen molar-refractivity contribution in [1.29, 1.82) is 0 Å². The minimum atomic E-state index is -3.72. The molecule has 0 radical (unpaired) electrons. The molecule has 6 nitrogen and oxygen atoms in total. The maximum atomic E-state index is 9.06. The van der Waals surface area contributed by atoms with Gasteiger partial charge in [-0.2, -0.15) is 0 Å². The van der Waals surface area contributed by atoms with Gasteiger partial charge in [0.25, 0.3) is 5.79 Å². The minimum absolute atomic E-state index is 0.0487. The fraction of sp³-hybridized carbons (Fsp3) is 1.00. The predicted molar refractivity (Wildman–Crippen MR) is 42.1 cm³/mol. The molecule has 6 heteroatoms. The van der Waals surface area contributed by atoms with E-state index in [0.29, 0.717) is 12.8 Å². The average Bonchev–Trinajstić information content (AvgIpc) is 1.97. The third-order valence-corrected chi connectivity index (χ3v) is 1.79. The lowest BCUT2D eigenvalue weighted by molar-refractivity contribution is -0.464. The van der Waals surface area contributed by atoms with Crippen LogP contribution in [0.3, 0.4) is 0 Å². The lowest BCUT2D eigenvalue weighted by Crippen LogP contribution is -2.61. The molecule has 6 N–H and O–H groups in total. The average molecular weight is 196 g/mol. The number of hydrogen-bond acceptors (Lipinski definition) is 6. The van der Waals surface area contributed by atoms with Gasteiger partial charge in [0, 0.05) is 0 Å². The molecule has 0 aromatic rings. The van der Waals surface area contributed by atoms with Crippen LogP contribution in [0.2, 0.25) is 0 Å². The van der Waals surface area contributed by atoms with Crippen molar-refractivity contribution in [2.75, 3.05) is 0 Å². The summed E-state index contributed by atoms with van der Waals surface area (Å²) in [7, 11) is 0. The number of rotatable bonds is 5. The molecule has 0 spiro atoms. The second kappa shape index (κ2) is 4.32. The number of hydrogen-bond donors (Lipinski definition) is 6. The molecule has 1 atom stereocenters. The smallest absolute Gasteiger partial charge is 0.335 e. The topological polar surface area (TPSA) is 121 Å². The van der Waals surface area contributed by atoms with E-state index in [9.17, 15) is 0 Å². The second-order valence-electron chi connectivity index (χ2n) is 3.02. The summed E-state index contributed by atoms with van der Waals surface area (Å²) in [5, 5.41) is 52.3. The van der Waals surface area contributed by atoms with E-state index in [4.69, 9.17) is 30.6 Å². The summed E-state index contributed by atoms with van der Waals surface area (Å²) in [6.45, 7) is 1.81. The first kappa shape index (κ1) is 12.8. The summed E-state index contributed by atoms with van der Waals surface area (Å²) in [6, 6.07) is 0. The zero-order valence-electron chi connectivity index (χ0n) is 7.38. The van der Waals surface area contributed by atoms with E-state index in [0.717, 1.165) is 0 Å². The molecular formula is C7H16O6. The Labute approximate surface area is 75.7 Å². The first-order valence-electron chi connectivity index (χ1n) is 4.03. The van der Waals surface area contributed by atoms with Gasteiger partial charge in [-0.3, -0.25) is 0 Å². The normalized spacial score (nSPS) is 15.9. The molecule has 0 amide bonds. The Balaban J connectivity index is 4.27. The molecular weight excluding hydrogens is 180 g/mol.